The van der Waals surface area contributed by atoms with Gasteiger partial charge in [-0.25, -0.2) is 0 Å². The van der Waals surface area contributed by atoms with E-state index < -0.39 is 0 Å². The van der Waals surface area contributed by atoms with Crippen molar-refractivity contribution in [2.24, 2.45) is 5.41 Å². The molecule has 0 spiro atoms. The predicted molar refractivity (Wildman–Crippen MR) is 84.0 cm³/mol. The molecule has 1 aliphatic heterocycles. The van der Waals surface area contributed by atoms with Gasteiger partial charge in [0.25, 0.3) is 0 Å². The van der Waals surface area contributed by atoms with E-state index in [0.717, 1.165) is 52.1 Å². The number of aliphatic hydroxyl groups is 1. The molecule has 1 rings (SSSR count). The summed E-state index contributed by atoms with van der Waals surface area (Å²) in [6.45, 7) is 14.1. The third-order valence-electron chi connectivity index (χ3n) is 4.31. The lowest BCUT2D eigenvalue weighted by molar-refractivity contribution is -0.0112. The molecule has 0 aromatic heterocycles. The summed E-state index contributed by atoms with van der Waals surface area (Å²) in [7, 11) is 0. The fourth-order valence-corrected chi connectivity index (χ4v) is 2.84. The molecule has 0 saturated carbocycles. The van der Waals surface area contributed by atoms with Crippen LogP contribution in [0.15, 0.2) is 0 Å². The van der Waals surface area contributed by atoms with Crippen LogP contribution >= 0.6 is 0 Å². The Morgan fingerprint density at radius 2 is 1.85 bits per heavy atom. The number of rotatable bonds is 9. The van der Waals surface area contributed by atoms with Crippen LogP contribution in [0, 0.1) is 5.41 Å². The Balaban J connectivity index is 2.65. The van der Waals surface area contributed by atoms with Crippen molar-refractivity contribution in [2.75, 3.05) is 39.5 Å². The molecule has 0 atom stereocenters. The third-order valence-corrected chi connectivity index (χ3v) is 4.31. The lowest BCUT2D eigenvalue weighted by atomic mass is 9.79. The van der Waals surface area contributed by atoms with Crippen LogP contribution in [0.25, 0.3) is 0 Å². The Hall–Kier alpha value is -0.160. The van der Waals surface area contributed by atoms with Crippen LogP contribution in [0.3, 0.4) is 0 Å². The highest BCUT2D eigenvalue weighted by atomic mass is 16.5. The lowest BCUT2D eigenvalue weighted by Gasteiger charge is -2.43. The van der Waals surface area contributed by atoms with Gasteiger partial charge in [-0.2, -0.15) is 0 Å². The van der Waals surface area contributed by atoms with Crippen LogP contribution in [-0.2, 0) is 4.74 Å². The fourth-order valence-electron chi connectivity index (χ4n) is 2.84. The van der Waals surface area contributed by atoms with E-state index in [2.05, 4.69) is 37.9 Å². The number of nitrogens with one attached hydrogen (secondary N) is 1. The van der Waals surface area contributed by atoms with E-state index in [0.29, 0.717) is 17.5 Å². The van der Waals surface area contributed by atoms with Gasteiger partial charge in [0, 0.05) is 51.5 Å². The summed E-state index contributed by atoms with van der Waals surface area (Å²) >= 11 is 0. The number of ether oxygens (including phenoxy) is 1. The lowest BCUT2D eigenvalue weighted by Crippen LogP contribution is -2.50. The molecular weight excluding hydrogens is 252 g/mol. The van der Waals surface area contributed by atoms with Gasteiger partial charge in [0.1, 0.15) is 0 Å². The standard InChI is InChI=1S/C16H34N2O2/c1-14(2)17-12-16(6-10-20-11-7-16)13-18(15(3)4)8-5-9-19/h14-15,17,19H,5-13H2,1-4H3. The minimum Gasteiger partial charge on any atom is -0.396 e. The molecule has 1 aliphatic rings. The average Bonchev–Trinajstić information content (AvgIpc) is 2.42. The van der Waals surface area contributed by atoms with Crippen molar-refractivity contribution in [1.29, 1.82) is 0 Å². The molecule has 0 amide bonds. The first kappa shape index (κ1) is 17.9. The van der Waals surface area contributed by atoms with Gasteiger partial charge in [-0.1, -0.05) is 13.8 Å². The van der Waals surface area contributed by atoms with E-state index in [1.54, 1.807) is 0 Å². The molecule has 4 heteroatoms. The molecule has 1 heterocycles. The van der Waals surface area contributed by atoms with Crippen LogP contribution in [0.5, 0.6) is 0 Å². The topological polar surface area (TPSA) is 44.7 Å². The monoisotopic (exact) mass is 286 g/mol. The fraction of sp³-hybridized carbons (Fsp3) is 1.00. The summed E-state index contributed by atoms with van der Waals surface area (Å²) in [5.41, 5.74) is 0.322. The highest BCUT2D eigenvalue weighted by molar-refractivity contribution is 4.88. The van der Waals surface area contributed by atoms with E-state index in [1.807, 2.05) is 0 Å². The zero-order valence-electron chi connectivity index (χ0n) is 13.8. The Bertz CT molecular complexity index is 251. The first-order chi connectivity index (χ1) is 9.49. The minimum absolute atomic E-state index is 0.281. The largest absolute Gasteiger partial charge is 0.396 e. The second-order valence-electron chi connectivity index (χ2n) is 6.79. The maximum atomic E-state index is 9.08. The molecule has 2 N–H and O–H groups in total. The molecular formula is C16H34N2O2. The van der Waals surface area contributed by atoms with E-state index in [-0.39, 0.29) is 6.61 Å². The molecule has 20 heavy (non-hydrogen) atoms. The van der Waals surface area contributed by atoms with Crippen LogP contribution < -0.4 is 5.32 Å². The quantitative estimate of drug-likeness (QED) is 0.679. The van der Waals surface area contributed by atoms with Gasteiger partial charge in [-0.05, 0) is 38.5 Å². The van der Waals surface area contributed by atoms with Gasteiger partial charge < -0.3 is 20.1 Å². The highest BCUT2D eigenvalue weighted by Crippen LogP contribution is 2.31. The van der Waals surface area contributed by atoms with Crippen LogP contribution in [0.4, 0.5) is 0 Å². The number of hydrogen-bond donors (Lipinski definition) is 2. The van der Waals surface area contributed by atoms with Gasteiger partial charge in [0.2, 0.25) is 0 Å². The SMILES string of the molecule is CC(C)NCC1(CN(CCCO)C(C)C)CCOCC1. The molecule has 0 radical (unpaired) electrons. The minimum atomic E-state index is 0.281. The normalized spacial score (nSPS) is 19.2. The molecule has 0 bridgehead atoms. The first-order valence-electron chi connectivity index (χ1n) is 8.15. The molecule has 1 saturated heterocycles. The van der Waals surface area contributed by atoms with Crippen molar-refractivity contribution in [3.8, 4) is 0 Å². The van der Waals surface area contributed by atoms with Gasteiger partial charge in [-0.3, -0.25) is 0 Å². The van der Waals surface area contributed by atoms with Gasteiger partial charge >= 0.3 is 0 Å². The van der Waals surface area contributed by atoms with Crippen molar-refractivity contribution in [3.63, 3.8) is 0 Å². The van der Waals surface area contributed by atoms with Crippen molar-refractivity contribution < 1.29 is 9.84 Å². The average molecular weight is 286 g/mol. The highest BCUT2D eigenvalue weighted by Gasteiger charge is 2.34. The Morgan fingerprint density at radius 1 is 1.20 bits per heavy atom. The summed E-state index contributed by atoms with van der Waals surface area (Å²) in [5, 5.41) is 12.7. The van der Waals surface area contributed by atoms with Crippen LogP contribution in [0.2, 0.25) is 0 Å². The van der Waals surface area contributed by atoms with Crippen molar-refractivity contribution in [3.05, 3.63) is 0 Å². The summed E-state index contributed by atoms with van der Waals surface area (Å²) in [5.74, 6) is 0. The zero-order valence-corrected chi connectivity index (χ0v) is 13.8. The van der Waals surface area contributed by atoms with Crippen molar-refractivity contribution >= 4 is 0 Å². The first-order valence-corrected chi connectivity index (χ1v) is 8.15. The maximum absolute atomic E-state index is 9.08. The molecule has 0 aromatic carbocycles. The molecule has 4 nitrogen and oxygen atoms in total. The maximum Gasteiger partial charge on any atom is 0.0472 e. The second kappa shape index (κ2) is 8.98. The smallest absolute Gasteiger partial charge is 0.0472 e. The zero-order chi connectivity index (χ0) is 15.0. The summed E-state index contributed by atoms with van der Waals surface area (Å²) < 4.78 is 5.57. The summed E-state index contributed by atoms with van der Waals surface area (Å²) in [4.78, 5) is 2.52. The Labute approximate surface area is 124 Å². The van der Waals surface area contributed by atoms with Gasteiger partial charge in [0.05, 0.1) is 0 Å². The van der Waals surface area contributed by atoms with Crippen LogP contribution in [-0.4, -0.2) is 61.5 Å². The summed E-state index contributed by atoms with van der Waals surface area (Å²) in [6.07, 6.45) is 3.13. The van der Waals surface area contributed by atoms with Gasteiger partial charge in [-0.15, -0.1) is 0 Å². The van der Waals surface area contributed by atoms with E-state index in [1.165, 1.54) is 0 Å². The molecule has 120 valence electrons. The van der Waals surface area contributed by atoms with Crippen molar-refractivity contribution in [2.45, 2.75) is 59.0 Å². The Kier molecular flexibility index (Phi) is 8.03. The number of hydrogen-bond acceptors (Lipinski definition) is 4. The third kappa shape index (κ3) is 6.08. The molecule has 0 aromatic rings. The van der Waals surface area contributed by atoms with E-state index in [9.17, 15) is 0 Å². The second-order valence-corrected chi connectivity index (χ2v) is 6.79. The predicted octanol–water partition coefficient (Wildman–Crippen LogP) is 1.87. The van der Waals surface area contributed by atoms with E-state index in [4.69, 9.17) is 9.84 Å². The van der Waals surface area contributed by atoms with E-state index >= 15 is 0 Å². The summed E-state index contributed by atoms with van der Waals surface area (Å²) in [6, 6.07) is 1.06. The van der Waals surface area contributed by atoms with Gasteiger partial charge in [0.15, 0.2) is 0 Å². The molecule has 0 unspecified atom stereocenters. The van der Waals surface area contributed by atoms with Crippen molar-refractivity contribution in [1.82, 2.24) is 10.2 Å². The van der Waals surface area contributed by atoms with Crippen LogP contribution in [0.1, 0.15) is 47.0 Å². The Morgan fingerprint density at radius 3 is 2.35 bits per heavy atom. The number of aliphatic hydroxyl groups excluding tert-OH is 1. The number of nitrogens with zero attached hydrogens (tertiary/aromatic N) is 1. The molecule has 1 fully saturated rings. The molecule has 0 aliphatic carbocycles.